The van der Waals surface area contributed by atoms with Crippen LogP contribution < -0.4 is 5.32 Å². The van der Waals surface area contributed by atoms with Crippen molar-refractivity contribution in [2.75, 3.05) is 5.75 Å². The molecule has 1 fully saturated rings. The number of carbonyl (C=O) groups is 1. The summed E-state index contributed by atoms with van der Waals surface area (Å²) in [5.41, 5.74) is 0.990. The van der Waals surface area contributed by atoms with E-state index in [0.29, 0.717) is 22.7 Å². The highest BCUT2D eigenvalue weighted by atomic mass is 35.5. The first kappa shape index (κ1) is 20.2. The molecular weight excluding hydrogens is 380 g/mol. The van der Waals surface area contributed by atoms with Crippen molar-refractivity contribution in [1.29, 1.82) is 0 Å². The molecule has 1 N–H and O–H groups in total. The smallest absolute Gasteiger partial charge is 0.230 e. The minimum absolute atomic E-state index is 0.0733. The van der Waals surface area contributed by atoms with Gasteiger partial charge in [0.2, 0.25) is 5.91 Å². The maximum Gasteiger partial charge on any atom is 0.230 e. The van der Waals surface area contributed by atoms with Crippen molar-refractivity contribution in [1.82, 2.24) is 20.1 Å². The maximum atomic E-state index is 12.1. The van der Waals surface area contributed by atoms with Gasteiger partial charge in [-0.1, -0.05) is 50.1 Å². The number of hydrogen-bond donors (Lipinski definition) is 1. The fraction of sp³-hybridized carbons (Fsp3) is 0.550. The van der Waals surface area contributed by atoms with E-state index in [9.17, 15) is 4.79 Å². The molecule has 27 heavy (non-hydrogen) atoms. The van der Waals surface area contributed by atoms with Crippen LogP contribution in [0, 0.1) is 5.92 Å². The zero-order valence-electron chi connectivity index (χ0n) is 15.9. The minimum Gasteiger partial charge on any atom is -0.353 e. The minimum atomic E-state index is 0.0733. The standard InChI is InChI=1S/C20H27ClN4OS/c1-3-4-5-14(2)12-25-19(15-6-8-16(21)9-7-15)23-24-20(25)27-13-18(26)22-17-10-11-17/h6-9,14,17H,3-5,10-13H2,1-2H3,(H,22,26)/t14-/m1/s1. The second kappa shape index (κ2) is 9.60. The maximum absolute atomic E-state index is 12.1. The molecule has 1 aliphatic rings. The third-order valence-corrected chi connectivity index (χ3v) is 5.86. The van der Waals surface area contributed by atoms with Crippen LogP contribution in [-0.4, -0.2) is 32.5 Å². The normalized spacial score (nSPS) is 14.9. The average molecular weight is 407 g/mol. The molecule has 1 aromatic heterocycles. The van der Waals surface area contributed by atoms with E-state index in [1.165, 1.54) is 31.0 Å². The number of amides is 1. The van der Waals surface area contributed by atoms with Gasteiger partial charge in [0.1, 0.15) is 0 Å². The molecule has 5 nitrogen and oxygen atoms in total. The number of carbonyl (C=O) groups excluding carboxylic acids is 1. The summed E-state index contributed by atoms with van der Waals surface area (Å²) in [6, 6.07) is 8.05. The van der Waals surface area contributed by atoms with Gasteiger partial charge in [-0.25, -0.2) is 0 Å². The summed E-state index contributed by atoms with van der Waals surface area (Å²) in [7, 11) is 0. The zero-order valence-corrected chi connectivity index (χ0v) is 17.5. The molecule has 0 unspecified atom stereocenters. The van der Waals surface area contributed by atoms with Gasteiger partial charge in [0.05, 0.1) is 5.75 Å². The first-order valence-corrected chi connectivity index (χ1v) is 11.0. The Labute approximate surface area is 170 Å². The van der Waals surface area contributed by atoms with Crippen LogP contribution in [0.1, 0.15) is 46.0 Å². The molecule has 3 rings (SSSR count). The quantitative estimate of drug-likeness (QED) is 0.576. The van der Waals surface area contributed by atoms with Crippen molar-refractivity contribution in [2.45, 2.75) is 63.7 Å². The molecule has 0 spiro atoms. The Bertz CT molecular complexity index is 758. The molecule has 0 saturated heterocycles. The van der Waals surface area contributed by atoms with Gasteiger partial charge in [-0.05, 0) is 49.4 Å². The van der Waals surface area contributed by atoms with Crippen LogP contribution in [0.3, 0.4) is 0 Å². The number of aromatic nitrogens is 3. The third-order valence-electron chi connectivity index (χ3n) is 4.64. The molecule has 7 heteroatoms. The van der Waals surface area contributed by atoms with Gasteiger partial charge < -0.3 is 9.88 Å². The van der Waals surface area contributed by atoms with E-state index in [4.69, 9.17) is 11.6 Å². The summed E-state index contributed by atoms with van der Waals surface area (Å²) in [5, 5.41) is 13.3. The van der Waals surface area contributed by atoms with Crippen LogP contribution in [-0.2, 0) is 11.3 Å². The van der Waals surface area contributed by atoms with E-state index in [2.05, 4.69) is 33.9 Å². The van der Waals surface area contributed by atoms with E-state index >= 15 is 0 Å². The molecule has 1 amide bonds. The highest BCUT2D eigenvalue weighted by Gasteiger charge is 2.24. The van der Waals surface area contributed by atoms with E-state index < -0.39 is 0 Å². The van der Waals surface area contributed by atoms with Gasteiger partial charge in [0, 0.05) is 23.2 Å². The number of thioether (sulfide) groups is 1. The molecular formula is C20H27ClN4OS. The number of nitrogens with zero attached hydrogens (tertiary/aromatic N) is 3. The number of hydrogen-bond acceptors (Lipinski definition) is 4. The van der Waals surface area contributed by atoms with Crippen LogP contribution in [0.15, 0.2) is 29.4 Å². The average Bonchev–Trinajstić information content (AvgIpc) is 3.38. The van der Waals surface area contributed by atoms with Crippen LogP contribution in [0.2, 0.25) is 5.02 Å². The first-order chi connectivity index (χ1) is 13.1. The molecule has 1 aliphatic carbocycles. The number of nitrogens with one attached hydrogen (secondary N) is 1. The van der Waals surface area contributed by atoms with Gasteiger partial charge in [-0.15, -0.1) is 10.2 Å². The predicted octanol–water partition coefficient (Wildman–Crippen LogP) is 4.80. The fourth-order valence-corrected chi connectivity index (χ4v) is 3.84. The number of halogens is 1. The predicted molar refractivity (Wildman–Crippen MR) is 111 cm³/mol. The van der Waals surface area contributed by atoms with Crippen LogP contribution in [0.4, 0.5) is 0 Å². The van der Waals surface area contributed by atoms with Gasteiger partial charge >= 0.3 is 0 Å². The van der Waals surface area contributed by atoms with E-state index in [-0.39, 0.29) is 5.91 Å². The lowest BCUT2D eigenvalue weighted by atomic mass is 10.0. The molecule has 146 valence electrons. The van der Waals surface area contributed by atoms with Crippen molar-refractivity contribution in [2.24, 2.45) is 5.92 Å². The Hall–Kier alpha value is -1.53. The lowest BCUT2D eigenvalue weighted by Gasteiger charge is -2.15. The molecule has 0 aliphatic heterocycles. The summed E-state index contributed by atoms with van der Waals surface area (Å²) in [5.74, 6) is 1.80. The second-order valence-electron chi connectivity index (χ2n) is 7.30. The molecule has 2 aromatic rings. The summed E-state index contributed by atoms with van der Waals surface area (Å²) in [4.78, 5) is 12.1. The zero-order chi connectivity index (χ0) is 19.2. The van der Waals surface area contributed by atoms with Crippen molar-refractivity contribution in [3.8, 4) is 11.4 Å². The van der Waals surface area contributed by atoms with E-state index in [0.717, 1.165) is 35.9 Å². The Morgan fingerprint density at radius 2 is 2.07 bits per heavy atom. The van der Waals surface area contributed by atoms with Gasteiger partial charge in [0.15, 0.2) is 11.0 Å². The number of benzene rings is 1. The van der Waals surface area contributed by atoms with Gasteiger partial charge in [0.25, 0.3) is 0 Å². The lowest BCUT2D eigenvalue weighted by Crippen LogP contribution is -2.27. The van der Waals surface area contributed by atoms with Crippen LogP contribution in [0.25, 0.3) is 11.4 Å². The van der Waals surface area contributed by atoms with Crippen molar-refractivity contribution in [3.63, 3.8) is 0 Å². The Balaban J connectivity index is 1.76. The molecule has 1 aromatic carbocycles. The summed E-state index contributed by atoms with van der Waals surface area (Å²) in [6.07, 6.45) is 5.77. The largest absolute Gasteiger partial charge is 0.353 e. The Morgan fingerprint density at radius 3 is 2.74 bits per heavy atom. The SMILES string of the molecule is CCCC[C@@H](C)Cn1c(SCC(=O)NC2CC2)nnc1-c1ccc(Cl)cc1. The number of rotatable bonds is 10. The molecule has 1 saturated carbocycles. The highest BCUT2D eigenvalue weighted by molar-refractivity contribution is 7.99. The third kappa shape index (κ3) is 5.98. The Morgan fingerprint density at radius 1 is 1.33 bits per heavy atom. The molecule has 1 heterocycles. The second-order valence-corrected chi connectivity index (χ2v) is 8.68. The Kier molecular flexibility index (Phi) is 7.19. The topological polar surface area (TPSA) is 59.8 Å². The number of unbranched alkanes of at least 4 members (excludes halogenated alkanes) is 1. The van der Waals surface area contributed by atoms with Gasteiger partial charge in [-0.2, -0.15) is 0 Å². The highest BCUT2D eigenvalue weighted by Crippen LogP contribution is 2.27. The molecule has 0 radical (unpaired) electrons. The first-order valence-electron chi connectivity index (χ1n) is 9.68. The van der Waals surface area contributed by atoms with E-state index in [1.807, 2.05) is 24.3 Å². The van der Waals surface area contributed by atoms with E-state index in [1.54, 1.807) is 0 Å². The van der Waals surface area contributed by atoms with Crippen LogP contribution in [0.5, 0.6) is 0 Å². The monoisotopic (exact) mass is 406 g/mol. The molecule has 1 atom stereocenters. The van der Waals surface area contributed by atoms with Crippen LogP contribution >= 0.6 is 23.4 Å². The summed E-state index contributed by atoms with van der Waals surface area (Å²) in [6.45, 7) is 5.32. The van der Waals surface area contributed by atoms with Crippen molar-refractivity contribution < 1.29 is 4.79 Å². The summed E-state index contributed by atoms with van der Waals surface area (Å²) >= 11 is 7.49. The van der Waals surface area contributed by atoms with Crippen molar-refractivity contribution >= 4 is 29.3 Å². The molecule has 0 bridgehead atoms. The fourth-order valence-electron chi connectivity index (χ4n) is 2.96. The van der Waals surface area contributed by atoms with Gasteiger partial charge in [-0.3, -0.25) is 4.79 Å². The lowest BCUT2D eigenvalue weighted by molar-refractivity contribution is -0.118. The summed E-state index contributed by atoms with van der Waals surface area (Å²) < 4.78 is 2.15. The van der Waals surface area contributed by atoms with Crippen molar-refractivity contribution in [3.05, 3.63) is 29.3 Å².